The number of carbonyl (C=O) groups is 4. The van der Waals surface area contributed by atoms with Crippen molar-refractivity contribution in [2.75, 3.05) is 31.6 Å². The molecule has 0 saturated carbocycles. The van der Waals surface area contributed by atoms with Crippen molar-refractivity contribution in [1.82, 2.24) is 14.0 Å². The van der Waals surface area contributed by atoms with Gasteiger partial charge < -0.3 is 35.1 Å². The molecule has 4 N–H and O–H groups in total. The van der Waals surface area contributed by atoms with Gasteiger partial charge >= 0.3 is 12.2 Å². The Morgan fingerprint density at radius 1 is 1.08 bits per heavy atom. The Kier molecular flexibility index (Phi) is 14.8. The first kappa shape index (κ1) is 39.5. The van der Waals surface area contributed by atoms with E-state index in [1.54, 1.807) is 35.0 Å². The number of hydrogen-bond acceptors (Lipinski definition) is 8. The lowest BCUT2D eigenvalue weighted by Gasteiger charge is -2.22. The van der Waals surface area contributed by atoms with Gasteiger partial charge in [0.2, 0.25) is 11.8 Å². The number of unbranched alkanes of at least 4 members (excludes halogenated alkanes) is 1. The van der Waals surface area contributed by atoms with Crippen LogP contribution in [0, 0.1) is 5.92 Å². The smallest absolute Gasteiger partial charge is 0.419 e. The summed E-state index contributed by atoms with van der Waals surface area (Å²) in [6.45, 7) is 11.3. The van der Waals surface area contributed by atoms with Crippen molar-refractivity contribution in [3.63, 3.8) is 0 Å². The summed E-state index contributed by atoms with van der Waals surface area (Å²) in [6, 6.07) is 11.2. The van der Waals surface area contributed by atoms with Gasteiger partial charge in [-0.25, -0.2) is 14.2 Å². The zero-order chi connectivity index (χ0) is 36.8. The van der Waals surface area contributed by atoms with Crippen molar-refractivity contribution >= 4 is 40.6 Å². The molecule has 13 heteroatoms. The fourth-order valence-corrected chi connectivity index (χ4v) is 5.52. The molecule has 0 radical (unpaired) electrons. The number of anilines is 1. The number of fused-ring (bicyclic) bond motifs is 1. The minimum Gasteiger partial charge on any atom is -0.447 e. The Labute approximate surface area is 293 Å². The van der Waals surface area contributed by atoms with Crippen molar-refractivity contribution < 1.29 is 33.8 Å². The number of hydrogen-bond donors (Lipinski definition) is 3. The van der Waals surface area contributed by atoms with Crippen molar-refractivity contribution in [2.24, 2.45) is 11.7 Å². The van der Waals surface area contributed by atoms with Crippen LogP contribution in [0.1, 0.15) is 78.0 Å². The molecule has 3 aromatic rings. The number of nitrogens with two attached hydrogens (primary N) is 1. The highest BCUT2D eigenvalue weighted by molar-refractivity contribution is 5.93. The van der Waals surface area contributed by atoms with Gasteiger partial charge in [0.15, 0.2) is 0 Å². The standard InChI is InChI=1S/C34H44N4O5.C3H7NO3/c1-24(2)21-25-13-11-14-26-22-27(38(31(25)26)33(42)43-34(3,4)5)23-37-20-12-15-28(32(37)41)35-29(39)16-7-6-8-17-30(40)36-18-9-10-19-36;4-3(6)7-2-1-5/h8,11-15,17,20,22,24H,6-7,9-10,16,18-19,21,23H2,1-5H3,(H,35,39);5H,1-2H2,(H2,4,6)/b17-8+;. The van der Waals surface area contributed by atoms with Crippen molar-refractivity contribution in [2.45, 2.75) is 85.3 Å². The lowest BCUT2D eigenvalue weighted by molar-refractivity contribution is -0.125. The second kappa shape index (κ2) is 18.7. The highest BCUT2D eigenvalue weighted by Crippen LogP contribution is 2.27. The molecule has 1 saturated heterocycles. The highest BCUT2D eigenvalue weighted by atomic mass is 16.6. The third kappa shape index (κ3) is 12.2. The number of pyridine rings is 1. The quantitative estimate of drug-likeness (QED) is 0.172. The molecule has 3 heterocycles. The van der Waals surface area contributed by atoms with Gasteiger partial charge in [-0.2, -0.15) is 0 Å². The molecule has 0 spiro atoms. The molecule has 0 bridgehead atoms. The van der Waals surface area contributed by atoms with Gasteiger partial charge in [0.1, 0.15) is 17.9 Å². The van der Waals surface area contributed by atoms with Crippen LogP contribution in [0.3, 0.4) is 0 Å². The van der Waals surface area contributed by atoms with Crippen molar-refractivity contribution in [3.8, 4) is 0 Å². The predicted molar refractivity (Wildman–Crippen MR) is 192 cm³/mol. The predicted octanol–water partition coefficient (Wildman–Crippen LogP) is 5.19. The summed E-state index contributed by atoms with van der Waals surface area (Å²) in [6.07, 6.45) is 7.95. The van der Waals surface area contributed by atoms with Crippen molar-refractivity contribution in [1.29, 1.82) is 0 Å². The average Bonchev–Trinajstić information content (AvgIpc) is 3.70. The first-order chi connectivity index (χ1) is 23.7. The molecule has 0 aliphatic carbocycles. The number of nitrogens with zero attached hydrogens (tertiary/aromatic N) is 3. The normalized spacial score (nSPS) is 13.0. The van der Waals surface area contributed by atoms with E-state index in [-0.39, 0.29) is 49.2 Å². The van der Waals surface area contributed by atoms with E-state index in [9.17, 15) is 24.0 Å². The molecule has 50 heavy (non-hydrogen) atoms. The van der Waals surface area contributed by atoms with E-state index in [4.69, 9.17) is 9.84 Å². The molecule has 272 valence electrons. The van der Waals surface area contributed by atoms with Crippen LogP contribution in [0.15, 0.2) is 59.5 Å². The topological polar surface area (TPSA) is 175 Å². The molecule has 4 rings (SSSR count). The van der Waals surface area contributed by atoms with Crippen LogP contribution in [-0.2, 0) is 32.0 Å². The number of primary amides is 1. The number of rotatable bonds is 12. The Morgan fingerprint density at radius 3 is 2.42 bits per heavy atom. The summed E-state index contributed by atoms with van der Waals surface area (Å²) in [5, 5.41) is 11.6. The molecule has 1 aliphatic rings. The molecule has 0 atom stereocenters. The summed E-state index contributed by atoms with van der Waals surface area (Å²) in [5.74, 6) is 0.136. The second-order valence-corrected chi connectivity index (χ2v) is 13.5. The van der Waals surface area contributed by atoms with E-state index in [2.05, 4.69) is 29.6 Å². The number of benzene rings is 1. The van der Waals surface area contributed by atoms with Crippen LogP contribution in [0.4, 0.5) is 15.3 Å². The van der Waals surface area contributed by atoms with Crippen LogP contribution in [-0.4, -0.2) is 75.0 Å². The Hall–Kier alpha value is -4.91. The van der Waals surface area contributed by atoms with Gasteiger partial charge in [0.25, 0.3) is 5.56 Å². The monoisotopic (exact) mass is 693 g/mol. The SMILES string of the molecule is CC(C)Cc1cccc2cc(Cn3cccc(NC(=O)CCC/C=C/C(=O)N4CCCC4)c3=O)n(C(=O)OC(C)(C)C)c12.NC(=O)OCCO. The van der Waals surface area contributed by atoms with Gasteiger partial charge in [-0.1, -0.05) is 38.1 Å². The number of nitrogens with one attached hydrogen (secondary N) is 1. The highest BCUT2D eigenvalue weighted by Gasteiger charge is 2.24. The lowest BCUT2D eigenvalue weighted by atomic mass is 10.0. The first-order valence-electron chi connectivity index (χ1n) is 17.0. The summed E-state index contributed by atoms with van der Waals surface area (Å²) in [7, 11) is 0. The van der Waals surface area contributed by atoms with Crippen molar-refractivity contribution in [3.05, 3.63) is 76.4 Å². The van der Waals surface area contributed by atoms with E-state index >= 15 is 0 Å². The van der Waals surface area contributed by atoms with E-state index in [1.807, 2.05) is 49.9 Å². The molecule has 1 fully saturated rings. The van der Waals surface area contributed by atoms with Gasteiger partial charge in [-0.3, -0.25) is 14.4 Å². The minimum absolute atomic E-state index is 0.0185. The van der Waals surface area contributed by atoms with Gasteiger partial charge in [-0.05, 0) is 88.6 Å². The maximum absolute atomic E-state index is 13.5. The largest absolute Gasteiger partial charge is 0.447 e. The number of aliphatic hydroxyl groups excluding tert-OH is 1. The van der Waals surface area contributed by atoms with Crippen LogP contribution >= 0.6 is 0 Å². The number of carbonyl (C=O) groups excluding carboxylic acids is 4. The van der Waals surface area contributed by atoms with Gasteiger partial charge in [-0.15, -0.1) is 0 Å². The summed E-state index contributed by atoms with van der Waals surface area (Å²) >= 11 is 0. The molecule has 2 aromatic heterocycles. The molecular weight excluding hydrogens is 642 g/mol. The maximum Gasteiger partial charge on any atom is 0.419 e. The fraction of sp³-hybridized carbons (Fsp3) is 0.486. The van der Waals surface area contributed by atoms with E-state index in [0.29, 0.717) is 24.5 Å². The van der Waals surface area contributed by atoms with E-state index in [1.165, 1.54) is 4.57 Å². The number of aromatic nitrogens is 2. The third-order valence-electron chi connectivity index (χ3n) is 7.60. The maximum atomic E-state index is 13.5. The number of ether oxygens (including phenoxy) is 2. The number of para-hydroxylation sites is 1. The lowest BCUT2D eigenvalue weighted by Crippen LogP contribution is -2.30. The molecule has 0 unspecified atom stereocenters. The summed E-state index contributed by atoms with van der Waals surface area (Å²) in [5.41, 5.74) is 6.05. The number of amides is 3. The molecule has 13 nitrogen and oxygen atoms in total. The number of likely N-dealkylation sites (tertiary alicyclic amines) is 1. The second-order valence-electron chi connectivity index (χ2n) is 13.5. The third-order valence-corrected chi connectivity index (χ3v) is 7.60. The molecule has 1 aromatic carbocycles. The van der Waals surface area contributed by atoms with Gasteiger partial charge in [0, 0.05) is 31.1 Å². The molecule has 1 aliphatic heterocycles. The van der Waals surface area contributed by atoms with Crippen LogP contribution in [0.2, 0.25) is 0 Å². The Bertz CT molecular complexity index is 1710. The molecular formula is C37H51N5O8. The Balaban J connectivity index is 0.000000872. The zero-order valence-corrected chi connectivity index (χ0v) is 29.8. The van der Waals surface area contributed by atoms with Crippen LogP contribution in [0.5, 0.6) is 0 Å². The minimum atomic E-state index is -0.853. The first-order valence-corrected chi connectivity index (χ1v) is 17.0. The summed E-state index contributed by atoms with van der Waals surface area (Å²) in [4.78, 5) is 63.1. The zero-order valence-electron chi connectivity index (χ0n) is 29.8. The van der Waals surface area contributed by atoms with Crippen LogP contribution in [0.25, 0.3) is 10.9 Å². The van der Waals surface area contributed by atoms with E-state index in [0.717, 1.165) is 48.8 Å². The fourth-order valence-electron chi connectivity index (χ4n) is 5.52. The van der Waals surface area contributed by atoms with Crippen LogP contribution < -0.4 is 16.6 Å². The Morgan fingerprint density at radius 2 is 1.80 bits per heavy atom. The molecule has 3 amide bonds. The van der Waals surface area contributed by atoms with E-state index < -0.39 is 17.8 Å². The average molecular weight is 694 g/mol. The number of allylic oxidation sites excluding steroid dienone is 1. The number of aliphatic hydroxyl groups is 1. The van der Waals surface area contributed by atoms with Gasteiger partial charge in [0.05, 0.1) is 24.4 Å². The summed E-state index contributed by atoms with van der Waals surface area (Å²) < 4.78 is 12.9.